The van der Waals surface area contributed by atoms with Crippen LogP contribution in [0.25, 0.3) is 0 Å². The summed E-state index contributed by atoms with van der Waals surface area (Å²) in [5, 5.41) is 6.69. The number of piperidine rings is 1. The average molecular weight is 549 g/mol. The van der Waals surface area contributed by atoms with Crippen molar-refractivity contribution in [2.24, 2.45) is 10.9 Å². The molecule has 0 amide bonds. The summed E-state index contributed by atoms with van der Waals surface area (Å²) in [6.45, 7) is 12.4. The van der Waals surface area contributed by atoms with E-state index in [0.717, 1.165) is 64.6 Å². The van der Waals surface area contributed by atoms with Gasteiger partial charge in [0.15, 0.2) is 5.96 Å². The molecule has 2 aliphatic rings. The van der Waals surface area contributed by atoms with E-state index < -0.39 is 12.7 Å². The van der Waals surface area contributed by atoms with E-state index in [0.29, 0.717) is 25.6 Å². The number of morpholine rings is 1. The van der Waals surface area contributed by atoms with Crippen molar-refractivity contribution in [3.8, 4) is 0 Å². The van der Waals surface area contributed by atoms with Crippen LogP contribution in [0.1, 0.15) is 40.0 Å². The Morgan fingerprint density at radius 3 is 2.27 bits per heavy atom. The molecule has 2 heterocycles. The summed E-state index contributed by atoms with van der Waals surface area (Å²) in [5.74, 6) is 1.28. The quantitative estimate of drug-likeness (QED) is 0.277. The van der Waals surface area contributed by atoms with Crippen LogP contribution in [0.5, 0.6) is 0 Å². The van der Waals surface area contributed by atoms with Crippen LogP contribution in [0.3, 0.4) is 0 Å². The lowest BCUT2D eigenvalue weighted by Crippen LogP contribution is -2.52. The predicted octanol–water partition coefficient (Wildman–Crippen LogP) is 2.93. The Labute approximate surface area is 196 Å². The predicted molar refractivity (Wildman–Crippen MR) is 126 cm³/mol. The number of hydrogen-bond acceptors (Lipinski definition) is 4. The molecule has 0 atom stereocenters. The van der Waals surface area contributed by atoms with Gasteiger partial charge in [-0.1, -0.05) is 0 Å². The van der Waals surface area contributed by atoms with E-state index in [4.69, 9.17) is 9.73 Å². The maximum atomic E-state index is 12.5. The molecule has 0 spiro atoms. The molecule has 0 aromatic rings. The van der Waals surface area contributed by atoms with Crippen molar-refractivity contribution in [2.45, 2.75) is 51.7 Å². The lowest BCUT2D eigenvalue weighted by Gasteiger charge is -2.40. The van der Waals surface area contributed by atoms with Crippen molar-refractivity contribution in [3.05, 3.63) is 0 Å². The standard InChI is InChI=1S/C20H38F3N5O.HI/c1-4-24-18(26-15-19(2,3)28-11-13-29-14-12-28)25-8-5-17-6-9-27(10-7-17)16-20(21,22)23;/h17H,4-16H2,1-3H3,(H2,24,25,26);1H. The van der Waals surface area contributed by atoms with Crippen molar-refractivity contribution >= 4 is 29.9 Å². The van der Waals surface area contributed by atoms with E-state index in [-0.39, 0.29) is 29.5 Å². The molecule has 0 unspecified atom stereocenters. The summed E-state index contributed by atoms with van der Waals surface area (Å²) in [6, 6.07) is 0. The molecule has 2 saturated heterocycles. The van der Waals surface area contributed by atoms with E-state index in [2.05, 4.69) is 29.4 Å². The molecule has 30 heavy (non-hydrogen) atoms. The summed E-state index contributed by atoms with van der Waals surface area (Å²) in [6.07, 6.45) is -1.48. The number of hydrogen-bond donors (Lipinski definition) is 2. The van der Waals surface area contributed by atoms with Crippen molar-refractivity contribution in [2.75, 3.05) is 65.6 Å². The highest BCUT2D eigenvalue weighted by Crippen LogP contribution is 2.24. The van der Waals surface area contributed by atoms with Crippen molar-refractivity contribution in [1.29, 1.82) is 0 Å². The fourth-order valence-corrected chi connectivity index (χ4v) is 3.96. The van der Waals surface area contributed by atoms with Gasteiger partial charge in [-0.25, -0.2) is 0 Å². The number of nitrogens with one attached hydrogen (secondary N) is 2. The fourth-order valence-electron chi connectivity index (χ4n) is 3.96. The number of halogens is 4. The summed E-state index contributed by atoms with van der Waals surface area (Å²) in [5.41, 5.74) is -0.0303. The van der Waals surface area contributed by atoms with Gasteiger partial charge in [0.25, 0.3) is 0 Å². The molecule has 2 N–H and O–H groups in total. The van der Waals surface area contributed by atoms with Gasteiger partial charge in [0.05, 0.1) is 26.3 Å². The minimum absolute atomic E-state index is 0. The van der Waals surface area contributed by atoms with Gasteiger partial charge in [0.2, 0.25) is 0 Å². The number of ether oxygens (including phenoxy) is 1. The van der Waals surface area contributed by atoms with Crippen LogP contribution in [-0.2, 0) is 4.74 Å². The van der Waals surface area contributed by atoms with Gasteiger partial charge in [-0.05, 0) is 59.0 Å². The van der Waals surface area contributed by atoms with Crippen LogP contribution in [0.15, 0.2) is 4.99 Å². The molecule has 0 saturated carbocycles. The van der Waals surface area contributed by atoms with Crippen LogP contribution < -0.4 is 10.6 Å². The van der Waals surface area contributed by atoms with Crippen LogP contribution in [0.2, 0.25) is 0 Å². The van der Waals surface area contributed by atoms with E-state index >= 15 is 0 Å². The topological polar surface area (TPSA) is 52.1 Å². The van der Waals surface area contributed by atoms with Gasteiger partial charge in [0, 0.05) is 31.7 Å². The average Bonchev–Trinajstić information content (AvgIpc) is 2.67. The second-order valence-electron chi connectivity index (χ2n) is 8.66. The third-order valence-corrected chi connectivity index (χ3v) is 5.79. The second kappa shape index (κ2) is 13.3. The molecule has 0 aliphatic carbocycles. The number of rotatable bonds is 8. The number of guanidine groups is 1. The SMILES string of the molecule is CCNC(=NCC(C)(C)N1CCOCC1)NCCC1CCN(CC(F)(F)F)CC1.I. The number of nitrogens with zero attached hydrogens (tertiary/aromatic N) is 3. The molecule has 6 nitrogen and oxygen atoms in total. The molecular formula is C20H39F3IN5O. The van der Waals surface area contributed by atoms with Crippen LogP contribution in [0, 0.1) is 5.92 Å². The second-order valence-corrected chi connectivity index (χ2v) is 8.66. The van der Waals surface area contributed by atoms with Gasteiger partial charge < -0.3 is 15.4 Å². The highest BCUT2D eigenvalue weighted by Gasteiger charge is 2.32. The van der Waals surface area contributed by atoms with Crippen LogP contribution >= 0.6 is 24.0 Å². The van der Waals surface area contributed by atoms with E-state index in [1.165, 1.54) is 4.90 Å². The Morgan fingerprint density at radius 1 is 1.07 bits per heavy atom. The summed E-state index contributed by atoms with van der Waals surface area (Å²) < 4.78 is 42.9. The minimum Gasteiger partial charge on any atom is -0.379 e. The van der Waals surface area contributed by atoms with Gasteiger partial charge >= 0.3 is 6.18 Å². The zero-order valence-electron chi connectivity index (χ0n) is 18.6. The number of likely N-dealkylation sites (tertiary alicyclic amines) is 1. The molecule has 2 rings (SSSR count). The zero-order valence-corrected chi connectivity index (χ0v) is 20.9. The molecule has 10 heteroatoms. The van der Waals surface area contributed by atoms with Gasteiger partial charge in [-0.3, -0.25) is 14.8 Å². The first-order valence-corrected chi connectivity index (χ1v) is 10.8. The lowest BCUT2D eigenvalue weighted by molar-refractivity contribution is -0.148. The number of alkyl halides is 3. The van der Waals surface area contributed by atoms with Crippen LogP contribution in [-0.4, -0.2) is 93.0 Å². The normalized spacial score (nSPS) is 20.7. The summed E-state index contributed by atoms with van der Waals surface area (Å²) >= 11 is 0. The Morgan fingerprint density at radius 2 is 1.70 bits per heavy atom. The van der Waals surface area contributed by atoms with Crippen LogP contribution in [0.4, 0.5) is 13.2 Å². The molecule has 2 fully saturated rings. The molecule has 0 aromatic heterocycles. The first-order chi connectivity index (χ1) is 13.7. The highest BCUT2D eigenvalue weighted by atomic mass is 127. The zero-order chi connectivity index (χ0) is 21.3. The lowest BCUT2D eigenvalue weighted by atomic mass is 9.93. The van der Waals surface area contributed by atoms with Gasteiger partial charge in [0.1, 0.15) is 0 Å². The Hall–Kier alpha value is -0.330. The van der Waals surface area contributed by atoms with Crippen molar-refractivity contribution in [3.63, 3.8) is 0 Å². The molecular weight excluding hydrogens is 510 g/mol. The van der Waals surface area contributed by atoms with E-state index in [1.54, 1.807) is 0 Å². The first-order valence-electron chi connectivity index (χ1n) is 10.8. The Balaban J connectivity index is 0.00000450. The van der Waals surface area contributed by atoms with Gasteiger partial charge in [-0.2, -0.15) is 13.2 Å². The third-order valence-electron chi connectivity index (χ3n) is 5.79. The molecule has 0 radical (unpaired) electrons. The fraction of sp³-hybridized carbons (Fsp3) is 0.950. The van der Waals surface area contributed by atoms with Gasteiger partial charge in [-0.15, -0.1) is 24.0 Å². The largest absolute Gasteiger partial charge is 0.401 e. The molecule has 0 aromatic carbocycles. The molecule has 0 bridgehead atoms. The Kier molecular flexibility index (Phi) is 12.3. The highest BCUT2D eigenvalue weighted by molar-refractivity contribution is 14.0. The first kappa shape index (κ1) is 27.7. The Bertz CT molecular complexity index is 505. The summed E-state index contributed by atoms with van der Waals surface area (Å²) in [4.78, 5) is 8.71. The smallest absolute Gasteiger partial charge is 0.379 e. The monoisotopic (exact) mass is 549 g/mol. The third kappa shape index (κ3) is 10.3. The maximum Gasteiger partial charge on any atom is 0.401 e. The minimum atomic E-state index is -4.10. The molecule has 178 valence electrons. The number of aliphatic imine (C=N–C) groups is 1. The summed E-state index contributed by atoms with van der Waals surface area (Å²) in [7, 11) is 0. The van der Waals surface area contributed by atoms with Crippen molar-refractivity contribution < 1.29 is 17.9 Å². The molecule has 2 aliphatic heterocycles. The van der Waals surface area contributed by atoms with E-state index in [1.807, 2.05) is 6.92 Å². The van der Waals surface area contributed by atoms with E-state index in [9.17, 15) is 13.2 Å². The maximum absolute atomic E-state index is 12.5. The van der Waals surface area contributed by atoms with Crippen molar-refractivity contribution in [1.82, 2.24) is 20.4 Å².